The molecule has 0 unspecified atom stereocenters. The Morgan fingerprint density at radius 2 is 2.27 bits per heavy atom. The van der Waals surface area contributed by atoms with Gasteiger partial charge in [-0.3, -0.25) is 4.79 Å². The minimum absolute atomic E-state index is 0.152. The Balaban J connectivity index is 2.75. The van der Waals surface area contributed by atoms with Crippen LogP contribution >= 0.6 is 31.9 Å². The van der Waals surface area contributed by atoms with Gasteiger partial charge in [0.2, 0.25) is 0 Å². The van der Waals surface area contributed by atoms with Gasteiger partial charge in [-0.15, -0.1) is 0 Å². The lowest BCUT2D eigenvalue weighted by Gasteiger charge is -2.10. The van der Waals surface area contributed by atoms with Crippen molar-refractivity contribution in [1.29, 1.82) is 0 Å². The Morgan fingerprint density at radius 1 is 1.64 bits per heavy atom. The lowest BCUT2D eigenvalue weighted by molar-refractivity contribution is -0.119. The highest BCUT2D eigenvalue weighted by atomic mass is 79.9. The van der Waals surface area contributed by atoms with Crippen molar-refractivity contribution in [3.05, 3.63) is 0 Å². The van der Waals surface area contributed by atoms with E-state index < -0.39 is 3.23 Å². The molecule has 0 bridgehead atoms. The van der Waals surface area contributed by atoms with E-state index in [1.165, 1.54) is 0 Å². The van der Waals surface area contributed by atoms with Gasteiger partial charge in [-0.05, 0) is 6.42 Å². The van der Waals surface area contributed by atoms with E-state index in [9.17, 15) is 4.79 Å². The van der Waals surface area contributed by atoms with E-state index in [4.69, 9.17) is 0 Å². The monoisotopic (exact) mass is 282 g/mol. The first kappa shape index (κ1) is 9.19. The quantitative estimate of drug-likeness (QED) is 0.771. The van der Waals surface area contributed by atoms with Gasteiger partial charge in [0.1, 0.15) is 0 Å². The topological polar surface area (TPSA) is 41.5 Å². The van der Waals surface area contributed by atoms with Crippen LogP contribution < -0.4 is 5.43 Å². The van der Waals surface area contributed by atoms with Crippen LogP contribution in [-0.2, 0) is 4.79 Å². The maximum Gasteiger partial charge on any atom is 0.273 e. The molecular formula is C6H8Br2N2O. The summed E-state index contributed by atoms with van der Waals surface area (Å²) in [6, 6.07) is 0. The molecule has 0 atom stereocenters. The number of hydrazone groups is 1. The average Bonchev–Trinajstić information content (AvgIpc) is 2.16. The molecule has 11 heavy (non-hydrogen) atoms. The number of carbonyl (C=O) groups excluding carboxylic acids is 1. The van der Waals surface area contributed by atoms with Crippen molar-refractivity contribution in [2.24, 2.45) is 5.10 Å². The van der Waals surface area contributed by atoms with Crippen molar-refractivity contribution >= 4 is 43.5 Å². The number of nitrogens with one attached hydrogen (secondary N) is 1. The number of nitrogens with zero attached hydrogens (tertiary/aromatic N) is 1. The molecule has 1 rings (SSSR count). The zero-order valence-corrected chi connectivity index (χ0v) is 9.20. The summed E-state index contributed by atoms with van der Waals surface area (Å²) in [5, 5.41) is 3.88. The van der Waals surface area contributed by atoms with Gasteiger partial charge >= 0.3 is 0 Å². The minimum atomic E-state index is -0.754. The molecule has 0 aromatic rings. The van der Waals surface area contributed by atoms with Gasteiger partial charge in [0.15, 0.2) is 3.23 Å². The molecule has 0 aliphatic carbocycles. The molecule has 1 aliphatic rings. The highest BCUT2D eigenvalue weighted by Crippen LogP contribution is 2.33. The van der Waals surface area contributed by atoms with Crippen molar-refractivity contribution in [3.63, 3.8) is 0 Å². The summed E-state index contributed by atoms with van der Waals surface area (Å²) in [6.07, 6.45) is 1.79. The van der Waals surface area contributed by atoms with E-state index >= 15 is 0 Å². The van der Waals surface area contributed by atoms with Gasteiger partial charge < -0.3 is 0 Å². The van der Waals surface area contributed by atoms with E-state index in [2.05, 4.69) is 42.4 Å². The van der Waals surface area contributed by atoms with E-state index in [0.29, 0.717) is 0 Å². The highest BCUT2D eigenvalue weighted by molar-refractivity contribution is 9.26. The molecule has 1 N–H and O–H groups in total. The Bertz CT molecular complexity index is 213. The summed E-state index contributed by atoms with van der Waals surface area (Å²) in [4.78, 5) is 11.1. The number of amides is 1. The summed E-state index contributed by atoms with van der Waals surface area (Å²) < 4.78 is -0.754. The third-order valence-corrected chi connectivity index (χ3v) is 3.06. The third kappa shape index (κ3) is 1.64. The number of hydrogen-bond acceptors (Lipinski definition) is 2. The van der Waals surface area contributed by atoms with Gasteiger partial charge in [0, 0.05) is 0 Å². The van der Waals surface area contributed by atoms with Crippen LogP contribution in [0.5, 0.6) is 0 Å². The fourth-order valence-corrected chi connectivity index (χ4v) is 1.59. The van der Waals surface area contributed by atoms with Gasteiger partial charge in [0.25, 0.3) is 5.91 Å². The molecule has 1 aliphatic heterocycles. The Hall–Kier alpha value is 0.1000. The van der Waals surface area contributed by atoms with Gasteiger partial charge in [-0.25, -0.2) is 5.43 Å². The summed E-state index contributed by atoms with van der Waals surface area (Å²) in [7, 11) is 0. The molecule has 5 heteroatoms. The lowest BCUT2D eigenvalue weighted by Crippen LogP contribution is -2.32. The summed E-state index contributed by atoms with van der Waals surface area (Å²) in [5.41, 5.74) is 3.21. The molecule has 0 aromatic carbocycles. The first-order valence-corrected chi connectivity index (χ1v) is 4.93. The van der Waals surface area contributed by atoms with Crippen LogP contribution in [0.1, 0.15) is 19.8 Å². The second kappa shape index (κ2) is 3.23. The normalized spacial score (nSPS) is 21.4. The van der Waals surface area contributed by atoms with Crippen molar-refractivity contribution in [2.45, 2.75) is 23.0 Å². The Morgan fingerprint density at radius 3 is 2.64 bits per heavy atom. The highest BCUT2D eigenvalue weighted by Gasteiger charge is 2.41. The van der Waals surface area contributed by atoms with Crippen LogP contribution in [0.25, 0.3) is 0 Å². The molecule has 0 fully saturated rings. The molecule has 0 saturated carbocycles. The average molecular weight is 284 g/mol. The summed E-state index contributed by atoms with van der Waals surface area (Å²) in [5.74, 6) is -0.152. The van der Waals surface area contributed by atoms with Gasteiger partial charge in [0.05, 0.1) is 5.71 Å². The van der Waals surface area contributed by atoms with Crippen LogP contribution in [0, 0.1) is 0 Å². The first-order chi connectivity index (χ1) is 5.09. The predicted octanol–water partition coefficient (Wildman–Crippen LogP) is 1.76. The number of carbonyl (C=O) groups is 1. The van der Waals surface area contributed by atoms with Crippen LogP contribution in [-0.4, -0.2) is 14.9 Å². The maximum atomic E-state index is 11.1. The number of halogens is 2. The summed E-state index contributed by atoms with van der Waals surface area (Å²) >= 11 is 6.50. The van der Waals surface area contributed by atoms with E-state index in [1.807, 2.05) is 6.92 Å². The second-order valence-electron chi connectivity index (χ2n) is 2.32. The molecule has 0 spiro atoms. The van der Waals surface area contributed by atoms with E-state index in [1.54, 1.807) is 0 Å². The summed E-state index contributed by atoms with van der Waals surface area (Å²) in [6.45, 7) is 2.04. The van der Waals surface area contributed by atoms with Crippen LogP contribution in [0.15, 0.2) is 5.10 Å². The third-order valence-electron chi connectivity index (χ3n) is 1.43. The Kier molecular flexibility index (Phi) is 2.70. The van der Waals surface area contributed by atoms with E-state index in [-0.39, 0.29) is 5.91 Å². The largest absolute Gasteiger partial charge is 0.273 e. The van der Waals surface area contributed by atoms with E-state index in [0.717, 1.165) is 18.6 Å². The van der Waals surface area contributed by atoms with Crippen molar-refractivity contribution in [1.82, 2.24) is 5.43 Å². The van der Waals surface area contributed by atoms with Crippen molar-refractivity contribution in [2.75, 3.05) is 0 Å². The zero-order valence-electron chi connectivity index (χ0n) is 6.03. The molecule has 3 nitrogen and oxygen atoms in total. The molecule has 62 valence electrons. The van der Waals surface area contributed by atoms with Gasteiger partial charge in [-0.2, -0.15) is 5.10 Å². The van der Waals surface area contributed by atoms with Crippen LogP contribution in [0.4, 0.5) is 0 Å². The van der Waals surface area contributed by atoms with Crippen molar-refractivity contribution in [3.8, 4) is 0 Å². The second-order valence-corrected chi connectivity index (χ2v) is 5.77. The standard InChI is InChI=1S/C6H8Br2N2O/c1-2-3-4-6(7,8)5(11)10-9-4/h2-3H2,1H3,(H,10,11). The first-order valence-electron chi connectivity index (χ1n) is 3.34. The van der Waals surface area contributed by atoms with Crippen LogP contribution in [0.2, 0.25) is 0 Å². The number of rotatable bonds is 2. The molecule has 1 amide bonds. The number of alkyl halides is 2. The number of hydrogen-bond donors (Lipinski definition) is 1. The smallest absolute Gasteiger partial charge is 0.270 e. The Labute approximate surface area is 81.9 Å². The van der Waals surface area contributed by atoms with Gasteiger partial charge in [-0.1, -0.05) is 45.2 Å². The molecule has 1 heterocycles. The minimum Gasteiger partial charge on any atom is -0.270 e. The van der Waals surface area contributed by atoms with Crippen LogP contribution in [0.3, 0.4) is 0 Å². The molecule has 0 aromatic heterocycles. The molecule has 0 saturated heterocycles. The molecule has 0 radical (unpaired) electrons. The maximum absolute atomic E-state index is 11.1. The zero-order chi connectivity index (χ0) is 8.48. The molecular weight excluding hydrogens is 276 g/mol. The lowest BCUT2D eigenvalue weighted by atomic mass is 10.2. The fraction of sp³-hybridized carbons (Fsp3) is 0.667. The predicted molar refractivity (Wildman–Crippen MR) is 51.1 cm³/mol. The SMILES string of the molecule is CCCC1=NNC(=O)C1(Br)Br. The van der Waals surface area contributed by atoms with Crippen molar-refractivity contribution < 1.29 is 4.79 Å². The fourth-order valence-electron chi connectivity index (χ4n) is 0.839.